The minimum atomic E-state index is 0.544. The largest absolute Gasteiger partial charge is 0.373 e. The minimum Gasteiger partial charge on any atom is -0.373 e. The molecule has 1 aromatic carbocycles. The summed E-state index contributed by atoms with van der Waals surface area (Å²) in [5, 5.41) is 3.18. The summed E-state index contributed by atoms with van der Waals surface area (Å²) in [4.78, 5) is 9.29. The van der Waals surface area contributed by atoms with Crippen LogP contribution in [0.5, 0.6) is 0 Å². The van der Waals surface area contributed by atoms with Crippen molar-refractivity contribution < 1.29 is 0 Å². The Kier molecular flexibility index (Phi) is 4.38. The van der Waals surface area contributed by atoms with Crippen LogP contribution in [0.4, 0.5) is 5.82 Å². The van der Waals surface area contributed by atoms with E-state index in [0.717, 1.165) is 29.3 Å². The Hall–Kier alpha value is -1.90. The number of rotatable bonds is 4. The number of anilines is 1. The molecule has 0 aliphatic carbocycles. The van der Waals surface area contributed by atoms with Gasteiger partial charge in [0.05, 0.1) is 0 Å². The maximum atomic E-state index is 4.65. The number of aromatic nitrogens is 2. The van der Waals surface area contributed by atoms with Gasteiger partial charge in [0.2, 0.25) is 0 Å². The van der Waals surface area contributed by atoms with Crippen LogP contribution < -0.4 is 5.32 Å². The zero-order valence-electron chi connectivity index (χ0n) is 13.0. The molecule has 1 heterocycles. The van der Waals surface area contributed by atoms with E-state index < -0.39 is 0 Å². The Morgan fingerprint density at radius 1 is 1.10 bits per heavy atom. The van der Waals surface area contributed by atoms with Crippen LogP contribution in [0.25, 0.3) is 11.4 Å². The van der Waals surface area contributed by atoms with Crippen molar-refractivity contribution in [1.82, 2.24) is 9.97 Å². The lowest BCUT2D eigenvalue weighted by atomic mass is 10.0. The number of hydrogen-bond acceptors (Lipinski definition) is 3. The molecule has 0 unspecified atom stereocenters. The van der Waals surface area contributed by atoms with Gasteiger partial charge in [-0.3, -0.25) is 0 Å². The van der Waals surface area contributed by atoms with E-state index in [1.54, 1.807) is 0 Å². The average molecular weight is 269 g/mol. The van der Waals surface area contributed by atoms with Gasteiger partial charge in [0.15, 0.2) is 5.82 Å². The number of nitrogens with one attached hydrogen (secondary N) is 1. The standard InChI is InChI=1S/C17H23N3/c1-6-15-12(4)19-16(20-17(15)18-5)14-9-7-13(8-10-14)11(2)3/h7-11H,6H2,1-5H3,(H,18,19,20). The molecule has 3 heteroatoms. The van der Waals surface area contributed by atoms with Crippen LogP contribution in [-0.2, 0) is 6.42 Å². The monoisotopic (exact) mass is 269 g/mol. The fourth-order valence-electron chi connectivity index (χ4n) is 2.37. The molecule has 0 aliphatic heterocycles. The van der Waals surface area contributed by atoms with Gasteiger partial charge in [-0.15, -0.1) is 0 Å². The molecule has 0 aliphatic rings. The van der Waals surface area contributed by atoms with Crippen molar-refractivity contribution in [2.75, 3.05) is 12.4 Å². The average Bonchev–Trinajstić information content (AvgIpc) is 2.46. The molecule has 0 saturated heterocycles. The SMILES string of the molecule is CCc1c(C)nc(-c2ccc(C(C)C)cc2)nc1NC. The Morgan fingerprint density at radius 2 is 1.75 bits per heavy atom. The second-order valence-electron chi connectivity index (χ2n) is 5.34. The van der Waals surface area contributed by atoms with Gasteiger partial charge in [0.25, 0.3) is 0 Å². The summed E-state index contributed by atoms with van der Waals surface area (Å²) in [5.41, 5.74) is 4.64. The Bertz CT molecular complexity index is 586. The number of benzene rings is 1. The van der Waals surface area contributed by atoms with Crippen LogP contribution in [0.15, 0.2) is 24.3 Å². The van der Waals surface area contributed by atoms with Gasteiger partial charge in [-0.1, -0.05) is 45.0 Å². The van der Waals surface area contributed by atoms with Crippen LogP contribution in [0, 0.1) is 6.92 Å². The quantitative estimate of drug-likeness (QED) is 0.904. The highest BCUT2D eigenvalue weighted by Crippen LogP contribution is 2.24. The molecule has 0 atom stereocenters. The molecule has 0 saturated carbocycles. The molecule has 106 valence electrons. The first-order valence-electron chi connectivity index (χ1n) is 7.22. The van der Waals surface area contributed by atoms with Crippen molar-refractivity contribution in [3.8, 4) is 11.4 Å². The lowest BCUT2D eigenvalue weighted by Crippen LogP contribution is -2.05. The summed E-state index contributed by atoms with van der Waals surface area (Å²) in [6, 6.07) is 8.53. The van der Waals surface area contributed by atoms with Crippen LogP contribution in [-0.4, -0.2) is 17.0 Å². The molecule has 2 rings (SSSR count). The second kappa shape index (κ2) is 6.04. The lowest BCUT2D eigenvalue weighted by molar-refractivity contribution is 0.866. The Labute approximate surface area is 121 Å². The first kappa shape index (κ1) is 14.5. The molecular formula is C17H23N3. The summed E-state index contributed by atoms with van der Waals surface area (Å²) in [6.07, 6.45) is 0.939. The van der Waals surface area contributed by atoms with Crippen LogP contribution in [0.2, 0.25) is 0 Å². The van der Waals surface area contributed by atoms with Gasteiger partial charge in [-0.05, 0) is 24.8 Å². The predicted molar refractivity (Wildman–Crippen MR) is 85.2 cm³/mol. The van der Waals surface area contributed by atoms with E-state index >= 15 is 0 Å². The van der Waals surface area contributed by atoms with E-state index in [1.807, 2.05) is 14.0 Å². The number of hydrogen-bond donors (Lipinski definition) is 1. The number of nitrogens with zero attached hydrogens (tertiary/aromatic N) is 2. The third-order valence-electron chi connectivity index (χ3n) is 3.64. The Morgan fingerprint density at radius 3 is 2.25 bits per heavy atom. The molecule has 1 N–H and O–H groups in total. The first-order chi connectivity index (χ1) is 9.56. The van der Waals surface area contributed by atoms with Crippen molar-refractivity contribution in [1.29, 1.82) is 0 Å². The highest BCUT2D eigenvalue weighted by atomic mass is 15.0. The molecule has 0 bridgehead atoms. The summed E-state index contributed by atoms with van der Waals surface area (Å²) in [7, 11) is 1.91. The minimum absolute atomic E-state index is 0.544. The summed E-state index contributed by atoms with van der Waals surface area (Å²) < 4.78 is 0. The zero-order valence-corrected chi connectivity index (χ0v) is 13.0. The molecule has 0 amide bonds. The van der Waals surface area contributed by atoms with Gasteiger partial charge in [-0.2, -0.15) is 0 Å². The van der Waals surface area contributed by atoms with E-state index in [-0.39, 0.29) is 0 Å². The van der Waals surface area contributed by atoms with E-state index in [9.17, 15) is 0 Å². The van der Waals surface area contributed by atoms with E-state index in [0.29, 0.717) is 5.92 Å². The van der Waals surface area contributed by atoms with Crippen molar-refractivity contribution in [3.05, 3.63) is 41.1 Å². The third-order valence-corrected chi connectivity index (χ3v) is 3.64. The predicted octanol–water partition coefficient (Wildman–Crippen LogP) is 4.18. The van der Waals surface area contributed by atoms with Gasteiger partial charge in [0, 0.05) is 23.9 Å². The number of aryl methyl sites for hydroxylation is 1. The zero-order chi connectivity index (χ0) is 14.7. The second-order valence-corrected chi connectivity index (χ2v) is 5.34. The summed E-state index contributed by atoms with van der Waals surface area (Å²) in [5.74, 6) is 2.27. The van der Waals surface area contributed by atoms with Crippen molar-refractivity contribution >= 4 is 5.82 Å². The fraction of sp³-hybridized carbons (Fsp3) is 0.412. The summed E-state index contributed by atoms with van der Waals surface area (Å²) in [6.45, 7) is 8.58. The molecule has 20 heavy (non-hydrogen) atoms. The fourth-order valence-corrected chi connectivity index (χ4v) is 2.37. The molecule has 0 radical (unpaired) electrons. The van der Waals surface area contributed by atoms with Crippen LogP contribution in [0.3, 0.4) is 0 Å². The normalized spacial score (nSPS) is 10.9. The maximum absolute atomic E-state index is 4.65. The van der Waals surface area contributed by atoms with Gasteiger partial charge < -0.3 is 5.32 Å². The van der Waals surface area contributed by atoms with Crippen molar-refractivity contribution in [2.45, 2.75) is 40.0 Å². The topological polar surface area (TPSA) is 37.8 Å². The molecular weight excluding hydrogens is 246 g/mol. The maximum Gasteiger partial charge on any atom is 0.161 e. The molecule has 0 spiro atoms. The van der Waals surface area contributed by atoms with Crippen molar-refractivity contribution in [3.63, 3.8) is 0 Å². The van der Waals surface area contributed by atoms with Crippen LogP contribution in [0.1, 0.15) is 43.5 Å². The van der Waals surface area contributed by atoms with Gasteiger partial charge >= 0.3 is 0 Å². The smallest absolute Gasteiger partial charge is 0.161 e. The van der Waals surface area contributed by atoms with Gasteiger partial charge in [0.1, 0.15) is 5.82 Å². The van der Waals surface area contributed by atoms with Gasteiger partial charge in [-0.25, -0.2) is 9.97 Å². The molecule has 1 aromatic heterocycles. The van der Waals surface area contributed by atoms with E-state index in [2.05, 4.69) is 60.3 Å². The van der Waals surface area contributed by atoms with Crippen molar-refractivity contribution in [2.24, 2.45) is 0 Å². The van der Waals surface area contributed by atoms with E-state index in [1.165, 1.54) is 11.1 Å². The molecule has 3 nitrogen and oxygen atoms in total. The highest BCUT2D eigenvalue weighted by Gasteiger charge is 2.10. The molecule has 2 aromatic rings. The van der Waals surface area contributed by atoms with E-state index in [4.69, 9.17) is 0 Å². The first-order valence-corrected chi connectivity index (χ1v) is 7.22. The summed E-state index contributed by atoms with van der Waals surface area (Å²) >= 11 is 0. The molecule has 0 fully saturated rings. The Balaban J connectivity index is 2.44. The van der Waals surface area contributed by atoms with Crippen LogP contribution >= 0.6 is 0 Å². The third kappa shape index (κ3) is 2.82. The highest BCUT2D eigenvalue weighted by molar-refractivity contribution is 5.60. The lowest BCUT2D eigenvalue weighted by Gasteiger charge is -2.12.